The SMILES string of the molecule is C[C@H](Sc1nnc(NC2CC2)s1)C(=O)Nc1sc2c(c1C#N)CCCCC2. The number of carbonyl (C=O) groups excluding carboxylic acids is 1. The molecule has 4 rings (SSSR count). The van der Waals surface area contributed by atoms with Crippen molar-refractivity contribution >= 4 is 50.5 Å². The Balaban J connectivity index is 1.41. The molecule has 2 aliphatic rings. The van der Waals surface area contributed by atoms with Crippen molar-refractivity contribution in [1.29, 1.82) is 5.26 Å². The number of thiophene rings is 1. The third-order valence-electron chi connectivity index (χ3n) is 4.73. The van der Waals surface area contributed by atoms with Crippen LogP contribution in [0.25, 0.3) is 0 Å². The first-order valence-electron chi connectivity index (χ1n) is 9.26. The molecule has 2 aromatic rings. The van der Waals surface area contributed by atoms with Gasteiger partial charge in [0.2, 0.25) is 11.0 Å². The molecule has 2 aromatic heterocycles. The Bertz CT molecular complexity index is 880. The molecular weight excluding hydrogens is 398 g/mol. The molecule has 0 spiro atoms. The van der Waals surface area contributed by atoms with E-state index in [1.807, 2.05) is 6.92 Å². The molecule has 0 bridgehead atoms. The summed E-state index contributed by atoms with van der Waals surface area (Å²) >= 11 is 4.46. The minimum absolute atomic E-state index is 0.0974. The number of hydrogen-bond acceptors (Lipinski definition) is 8. The highest BCUT2D eigenvalue weighted by atomic mass is 32.2. The smallest absolute Gasteiger partial charge is 0.238 e. The van der Waals surface area contributed by atoms with Crippen LogP contribution in [0.3, 0.4) is 0 Å². The van der Waals surface area contributed by atoms with Crippen LogP contribution in [0.15, 0.2) is 4.34 Å². The van der Waals surface area contributed by atoms with Crippen molar-refractivity contribution < 1.29 is 4.79 Å². The van der Waals surface area contributed by atoms with E-state index in [2.05, 4.69) is 26.9 Å². The maximum Gasteiger partial charge on any atom is 0.238 e. The van der Waals surface area contributed by atoms with Gasteiger partial charge in [-0.3, -0.25) is 4.79 Å². The summed E-state index contributed by atoms with van der Waals surface area (Å²) in [4.78, 5) is 13.9. The van der Waals surface area contributed by atoms with E-state index in [0.717, 1.165) is 40.7 Å². The van der Waals surface area contributed by atoms with E-state index in [1.165, 1.54) is 47.2 Å². The van der Waals surface area contributed by atoms with E-state index in [9.17, 15) is 10.1 Å². The van der Waals surface area contributed by atoms with Gasteiger partial charge in [0.05, 0.1) is 10.8 Å². The number of anilines is 2. The predicted molar refractivity (Wildman–Crippen MR) is 111 cm³/mol. The molecule has 1 saturated carbocycles. The lowest BCUT2D eigenvalue weighted by atomic mass is 10.1. The minimum atomic E-state index is -0.305. The number of carbonyl (C=O) groups is 1. The molecular formula is C18H21N5OS3. The molecule has 6 nitrogen and oxygen atoms in total. The first kappa shape index (κ1) is 18.7. The fourth-order valence-electron chi connectivity index (χ4n) is 3.09. The lowest BCUT2D eigenvalue weighted by Gasteiger charge is -2.09. The van der Waals surface area contributed by atoms with Gasteiger partial charge in [0.25, 0.3) is 0 Å². The van der Waals surface area contributed by atoms with Crippen LogP contribution in [0, 0.1) is 11.3 Å². The fraction of sp³-hybridized carbons (Fsp3) is 0.556. The maximum atomic E-state index is 12.7. The van der Waals surface area contributed by atoms with E-state index in [0.29, 0.717) is 16.6 Å². The Hall–Kier alpha value is -1.63. The summed E-state index contributed by atoms with van der Waals surface area (Å²) in [5.41, 5.74) is 1.81. The normalized spacial score (nSPS) is 17.5. The maximum absolute atomic E-state index is 12.7. The Labute approximate surface area is 170 Å². The van der Waals surface area contributed by atoms with Gasteiger partial charge < -0.3 is 10.6 Å². The van der Waals surface area contributed by atoms with Crippen molar-refractivity contribution in [3.05, 3.63) is 16.0 Å². The van der Waals surface area contributed by atoms with Crippen LogP contribution in [0.4, 0.5) is 10.1 Å². The molecule has 0 saturated heterocycles. The Morgan fingerprint density at radius 3 is 2.85 bits per heavy atom. The summed E-state index contributed by atoms with van der Waals surface area (Å²) in [6.45, 7) is 1.86. The minimum Gasteiger partial charge on any atom is -0.357 e. The number of aryl methyl sites for hydroxylation is 1. The molecule has 0 unspecified atom stereocenters. The molecule has 1 fully saturated rings. The van der Waals surface area contributed by atoms with Gasteiger partial charge in [-0.1, -0.05) is 29.5 Å². The number of nitrogens with zero attached hydrogens (tertiary/aromatic N) is 3. The summed E-state index contributed by atoms with van der Waals surface area (Å²) in [5.74, 6) is -0.0974. The number of aromatic nitrogens is 2. The quantitative estimate of drug-likeness (QED) is 0.531. The highest BCUT2D eigenvalue weighted by Crippen LogP contribution is 2.38. The number of thioether (sulfide) groups is 1. The van der Waals surface area contributed by atoms with Crippen LogP contribution in [0.1, 0.15) is 55.0 Å². The van der Waals surface area contributed by atoms with Crippen LogP contribution in [-0.4, -0.2) is 27.4 Å². The van der Waals surface area contributed by atoms with Crippen LogP contribution in [-0.2, 0) is 17.6 Å². The van der Waals surface area contributed by atoms with Crippen LogP contribution < -0.4 is 10.6 Å². The zero-order valence-corrected chi connectivity index (χ0v) is 17.5. The Morgan fingerprint density at radius 1 is 1.26 bits per heavy atom. The molecule has 2 aliphatic carbocycles. The van der Waals surface area contributed by atoms with Crippen LogP contribution in [0.5, 0.6) is 0 Å². The molecule has 142 valence electrons. The average molecular weight is 420 g/mol. The zero-order valence-electron chi connectivity index (χ0n) is 15.1. The second-order valence-electron chi connectivity index (χ2n) is 6.92. The van der Waals surface area contributed by atoms with Crippen molar-refractivity contribution in [2.75, 3.05) is 10.6 Å². The number of fused-ring (bicyclic) bond motifs is 1. The number of nitriles is 1. The molecule has 0 aliphatic heterocycles. The fourth-order valence-corrected chi connectivity index (χ4v) is 6.30. The predicted octanol–water partition coefficient (Wildman–Crippen LogP) is 4.43. The zero-order chi connectivity index (χ0) is 18.8. The topological polar surface area (TPSA) is 90.7 Å². The van der Waals surface area contributed by atoms with Crippen molar-refractivity contribution in [2.24, 2.45) is 0 Å². The summed E-state index contributed by atoms with van der Waals surface area (Å²) in [6.07, 6.45) is 7.81. The third-order valence-corrected chi connectivity index (χ3v) is 7.97. The summed E-state index contributed by atoms with van der Waals surface area (Å²) < 4.78 is 0.781. The first-order chi connectivity index (χ1) is 13.1. The lowest BCUT2D eigenvalue weighted by molar-refractivity contribution is -0.115. The Morgan fingerprint density at radius 2 is 2.07 bits per heavy atom. The molecule has 1 atom stereocenters. The van der Waals surface area contributed by atoms with E-state index in [4.69, 9.17) is 0 Å². The van der Waals surface area contributed by atoms with Crippen LogP contribution in [0.2, 0.25) is 0 Å². The summed E-state index contributed by atoms with van der Waals surface area (Å²) in [7, 11) is 0. The summed E-state index contributed by atoms with van der Waals surface area (Å²) in [6, 6.07) is 2.85. The van der Waals surface area contributed by atoms with Gasteiger partial charge in [0, 0.05) is 10.9 Å². The number of hydrogen-bond donors (Lipinski definition) is 2. The monoisotopic (exact) mass is 419 g/mol. The van der Waals surface area contributed by atoms with E-state index < -0.39 is 0 Å². The average Bonchev–Trinajstić information content (AvgIpc) is 3.33. The molecule has 1 amide bonds. The van der Waals surface area contributed by atoms with Crippen molar-refractivity contribution in [1.82, 2.24) is 10.2 Å². The Kier molecular flexibility index (Phi) is 5.66. The first-order valence-corrected chi connectivity index (χ1v) is 11.8. The lowest BCUT2D eigenvalue weighted by Crippen LogP contribution is -2.22. The van der Waals surface area contributed by atoms with Gasteiger partial charge in [0.15, 0.2) is 4.34 Å². The standard InChI is InChI=1S/C18H21N5OS3/c1-10(25-18-23-22-17(27-18)20-11-7-8-11)15(24)21-16-13(9-19)12-5-3-2-4-6-14(12)26-16/h10-11H,2-8H2,1H3,(H,20,22)(H,21,24)/t10-/m0/s1. The number of amides is 1. The van der Waals surface area contributed by atoms with Gasteiger partial charge in [-0.05, 0) is 51.0 Å². The van der Waals surface area contributed by atoms with Crippen molar-refractivity contribution in [3.63, 3.8) is 0 Å². The number of rotatable bonds is 6. The highest BCUT2D eigenvalue weighted by molar-refractivity contribution is 8.02. The summed E-state index contributed by atoms with van der Waals surface area (Å²) in [5, 5.41) is 25.4. The van der Waals surface area contributed by atoms with E-state index >= 15 is 0 Å². The molecule has 0 radical (unpaired) electrons. The third kappa shape index (κ3) is 4.45. The van der Waals surface area contributed by atoms with Crippen LogP contribution >= 0.6 is 34.4 Å². The van der Waals surface area contributed by atoms with Gasteiger partial charge in [-0.25, -0.2) is 0 Å². The molecule has 0 aromatic carbocycles. The van der Waals surface area contributed by atoms with Gasteiger partial charge >= 0.3 is 0 Å². The highest BCUT2D eigenvalue weighted by Gasteiger charge is 2.25. The van der Waals surface area contributed by atoms with Gasteiger partial charge in [-0.15, -0.1) is 21.5 Å². The second kappa shape index (κ2) is 8.17. The van der Waals surface area contributed by atoms with E-state index in [1.54, 1.807) is 11.3 Å². The molecule has 2 heterocycles. The molecule has 27 heavy (non-hydrogen) atoms. The largest absolute Gasteiger partial charge is 0.357 e. The van der Waals surface area contributed by atoms with Crippen molar-refractivity contribution in [2.45, 2.75) is 67.5 Å². The number of nitrogens with one attached hydrogen (secondary N) is 2. The van der Waals surface area contributed by atoms with Crippen molar-refractivity contribution in [3.8, 4) is 6.07 Å². The second-order valence-corrected chi connectivity index (χ2v) is 10.6. The van der Waals surface area contributed by atoms with Gasteiger partial charge in [0.1, 0.15) is 11.1 Å². The van der Waals surface area contributed by atoms with E-state index in [-0.39, 0.29) is 11.2 Å². The molecule has 9 heteroatoms. The molecule has 2 N–H and O–H groups in total. The van der Waals surface area contributed by atoms with Gasteiger partial charge in [-0.2, -0.15) is 5.26 Å².